The third-order valence-electron chi connectivity index (χ3n) is 3.31. The van der Waals surface area contributed by atoms with Crippen molar-refractivity contribution < 1.29 is 0 Å². The molecule has 0 aliphatic rings. The van der Waals surface area contributed by atoms with E-state index in [-0.39, 0.29) is 0 Å². The van der Waals surface area contributed by atoms with Crippen LogP contribution in [0, 0.1) is 6.92 Å². The first-order valence-corrected chi connectivity index (χ1v) is 7.10. The van der Waals surface area contributed by atoms with E-state index < -0.39 is 0 Å². The van der Waals surface area contributed by atoms with Gasteiger partial charge in [0.2, 0.25) is 0 Å². The molecule has 0 aliphatic heterocycles. The number of fused-ring (bicyclic) bond motifs is 1. The fourth-order valence-electron chi connectivity index (χ4n) is 2.44. The van der Waals surface area contributed by atoms with Gasteiger partial charge in [-0.25, -0.2) is 4.98 Å². The van der Waals surface area contributed by atoms with Crippen LogP contribution in [0.5, 0.6) is 0 Å². The van der Waals surface area contributed by atoms with Crippen molar-refractivity contribution in [3.05, 3.63) is 53.6 Å². The Kier molecular flexibility index (Phi) is 3.65. The van der Waals surface area contributed by atoms with E-state index >= 15 is 0 Å². The first-order valence-electron chi connectivity index (χ1n) is 6.57. The number of benzene rings is 1. The second kappa shape index (κ2) is 5.59. The van der Waals surface area contributed by atoms with Gasteiger partial charge in [-0.05, 0) is 30.7 Å². The predicted molar refractivity (Wildman–Crippen MR) is 80.0 cm³/mol. The highest BCUT2D eigenvalue weighted by atomic mass is 35.5. The van der Waals surface area contributed by atoms with Crippen molar-refractivity contribution in [1.29, 1.82) is 0 Å². The summed E-state index contributed by atoms with van der Waals surface area (Å²) in [6, 6.07) is 10.0. The molecule has 1 aromatic carbocycles. The third kappa shape index (κ3) is 2.39. The van der Waals surface area contributed by atoms with Crippen LogP contribution in [0.3, 0.4) is 0 Å². The largest absolute Gasteiger partial charge is 0.322 e. The normalized spacial score (nSPS) is 11.1. The van der Waals surface area contributed by atoms with Gasteiger partial charge in [0.1, 0.15) is 5.82 Å². The summed E-state index contributed by atoms with van der Waals surface area (Å²) in [5, 5.41) is 8.09. The maximum absolute atomic E-state index is 5.90. The van der Waals surface area contributed by atoms with E-state index in [1.54, 1.807) is 6.20 Å². The Hall–Kier alpha value is -1.94. The Morgan fingerprint density at radius 2 is 2.10 bits per heavy atom. The molecule has 3 aromatic rings. The Labute approximate surface area is 122 Å². The summed E-state index contributed by atoms with van der Waals surface area (Å²) in [5.74, 6) is 1.55. The lowest BCUT2D eigenvalue weighted by Gasteiger charge is -2.09. The third-order valence-corrected chi connectivity index (χ3v) is 3.50. The van der Waals surface area contributed by atoms with E-state index in [2.05, 4.69) is 32.7 Å². The Balaban J connectivity index is 2.13. The van der Waals surface area contributed by atoms with E-state index in [9.17, 15) is 0 Å². The zero-order chi connectivity index (χ0) is 13.9. The standard InChI is InChI=1S/C15H15ClN4/c1-11-4-2-6-13-15(11)20(14(18-13)7-8-16)10-12-5-3-9-17-19-12/h2-6,9H,7-8,10H2,1H3. The fourth-order valence-corrected chi connectivity index (χ4v) is 2.61. The van der Waals surface area contributed by atoms with E-state index in [0.29, 0.717) is 12.4 Å². The van der Waals surface area contributed by atoms with Gasteiger partial charge in [-0.3, -0.25) is 0 Å². The summed E-state index contributed by atoms with van der Waals surface area (Å²) < 4.78 is 2.19. The van der Waals surface area contributed by atoms with Crippen LogP contribution in [-0.4, -0.2) is 25.6 Å². The second-order valence-corrected chi connectivity index (χ2v) is 5.09. The molecule has 0 atom stereocenters. The number of hydrogen-bond acceptors (Lipinski definition) is 3. The molecule has 0 saturated heterocycles. The summed E-state index contributed by atoms with van der Waals surface area (Å²) >= 11 is 5.90. The van der Waals surface area contributed by atoms with Crippen molar-refractivity contribution in [2.75, 3.05) is 5.88 Å². The highest BCUT2D eigenvalue weighted by Gasteiger charge is 2.12. The van der Waals surface area contributed by atoms with Gasteiger partial charge in [0.15, 0.2) is 0 Å². The number of nitrogens with zero attached hydrogens (tertiary/aromatic N) is 4. The van der Waals surface area contributed by atoms with Gasteiger partial charge in [0.05, 0.1) is 23.3 Å². The molecule has 0 unspecified atom stereocenters. The van der Waals surface area contributed by atoms with Gasteiger partial charge in [-0.2, -0.15) is 10.2 Å². The average molecular weight is 287 g/mol. The van der Waals surface area contributed by atoms with Crippen LogP contribution in [0.15, 0.2) is 36.5 Å². The Morgan fingerprint density at radius 3 is 2.85 bits per heavy atom. The highest BCUT2D eigenvalue weighted by Crippen LogP contribution is 2.21. The topological polar surface area (TPSA) is 43.6 Å². The number of rotatable bonds is 4. The molecule has 0 N–H and O–H groups in total. The molecule has 102 valence electrons. The molecular weight excluding hydrogens is 272 g/mol. The molecule has 0 saturated carbocycles. The smallest absolute Gasteiger partial charge is 0.111 e. The van der Waals surface area contributed by atoms with Crippen LogP contribution in [0.25, 0.3) is 11.0 Å². The minimum Gasteiger partial charge on any atom is -0.322 e. The summed E-state index contributed by atoms with van der Waals surface area (Å²) in [4.78, 5) is 4.69. The van der Waals surface area contributed by atoms with Crippen LogP contribution < -0.4 is 0 Å². The lowest BCUT2D eigenvalue weighted by atomic mass is 10.2. The van der Waals surface area contributed by atoms with Gasteiger partial charge in [0, 0.05) is 18.5 Å². The summed E-state index contributed by atoms with van der Waals surface area (Å²) in [6.45, 7) is 2.77. The van der Waals surface area contributed by atoms with E-state index in [0.717, 1.165) is 29.0 Å². The minimum absolute atomic E-state index is 0.558. The van der Waals surface area contributed by atoms with Crippen LogP contribution in [-0.2, 0) is 13.0 Å². The van der Waals surface area contributed by atoms with Gasteiger partial charge in [-0.15, -0.1) is 11.6 Å². The molecule has 2 heterocycles. The molecule has 3 rings (SSSR count). The van der Waals surface area contributed by atoms with Gasteiger partial charge >= 0.3 is 0 Å². The quantitative estimate of drug-likeness (QED) is 0.693. The maximum Gasteiger partial charge on any atom is 0.111 e. The van der Waals surface area contributed by atoms with E-state index in [1.165, 1.54) is 5.56 Å². The number of hydrogen-bond donors (Lipinski definition) is 0. The molecule has 0 amide bonds. The number of alkyl halides is 1. The summed E-state index contributed by atoms with van der Waals surface area (Å²) in [5.41, 5.74) is 4.29. The first-order chi connectivity index (χ1) is 9.79. The van der Waals surface area contributed by atoms with Crippen molar-refractivity contribution in [3.63, 3.8) is 0 Å². The monoisotopic (exact) mass is 286 g/mol. The van der Waals surface area contributed by atoms with Crippen LogP contribution >= 0.6 is 11.6 Å². The van der Waals surface area contributed by atoms with Crippen molar-refractivity contribution >= 4 is 22.6 Å². The molecule has 5 heteroatoms. The van der Waals surface area contributed by atoms with Crippen LogP contribution in [0.2, 0.25) is 0 Å². The highest BCUT2D eigenvalue weighted by molar-refractivity contribution is 6.17. The van der Waals surface area contributed by atoms with Crippen molar-refractivity contribution in [2.24, 2.45) is 0 Å². The molecule has 0 bridgehead atoms. The van der Waals surface area contributed by atoms with Crippen LogP contribution in [0.4, 0.5) is 0 Å². The van der Waals surface area contributed by atoms with Gasteiger partial charge < -0.3 is 4.57 Å². The van der Waals surface area contributed by atoms with Crippen molar-refractivity contribution in [2.45, 2.75) is 19.9 Å². The number of imidazole rings is 1. The maximum atomic E-state index is 5.90. The molecule has 0 spiro atoms. The molecule has 2 aromatic heterocycles. The molecule has 0 fully saturated rings. The Bertz CT molecular complexity index is 721. The number of para-hydroxylation sites is 1. The average Bonchev–Trinajstić information content (AvgIpc) is 2.80. The van der Waals surface area contributed by atoms with Gasteiger partial charge in [-0.1, -0.05) is 12.1 Å². The minimum atomic E-state index is 0.558. The van der Waals surface area contributed by atoms with Crippen molar-refractivity contribution in [3.8, 4) is 0 Å². The Morgan fingerprint density at radius 1 is 1.20 bits per heavy atom. The molecule has 4 nitrogen and oxygen atoms in total. The van der Waals surface area contributed by atoms with Crippen LogP contribution in [0.1, 0.15) is 17.1 Å². The molecular formula is C15H15ClN4. The molecule has 0 radical (unpaired) electrons. The summed E-state index contributed by atoms with van der Waals surface area (Å²) in [7, 11) is 0. The second-order valence-electron chi connectivity index (χ2n) is 4.71. The predicted octanol–water partition coefficient (Wildman–Crippen LogP) is 2.96. The van der Waals surface area contributed by atoms with E-state index in [4.69, 9.17) is 11.6 Å². The van der Waals surface area contributed by atoms with Gasteiger partial charge in [0.25, 0.3) is 0 Å². The zero-order valence-electron chi connectivity index (χ0n) is 11.3. The first kappa shape index (κ1) is 13.1. The van der Waals surface area contributed by atoms with E-state index in [1.807, 2.05) is 24.3 Å². The lowest BCUT2D eigenvalue weighted by Crippen LogP contribution is -2.08. The fraction of sp³-hybridized carbons (Fsp3) is 0.267. The number of aromatic nitrogens is 4. The molecule has 20 heavy (non-hydrogen) atoms. The summed E-state index contributed by atoms with van der Waals surface area (Å²) in [6.07, 6.45) is 2.43. The number of halogens is 1. The number of aryl methyl sites for hydroxylation is 2. The zero-order valence-corrected chi connectivity index (χ0v) is 12.0. The van der Waals surface area contributed by atoms with Crippen molar-refractivity contribution in [1.82, 2.24) is 19.7 Å². The molecule has 0 aliphatic carbocycles. The lowest BCUT2D eigenvalue weighted by molar-refractivity contribution is 0.722. The SMILES string of the molecule is Cc1cccc2nc(CCCl)n(Cc3cccnn3)c12.